The van der Waals surface area contributed by atoms with Gasteiger partial charge in [0.2, 0.25) is 0 Å². The molecule has 8 rings (SSSR count). The lowest BCUT2D eigenvalue weighted by atomic mass is 9.67. The molecule has 0 saturated heterocycles. The van der Waals surface area contributed by atoms with Crippen molar-refractivity contribution < 1.29 is 4.74 Å². The monoisotopic (exact) mass is 506 g/mol. The van der Waals surface area contributed by atoms with E-state index >= 15 is 0 Å². The highest BCUT2D eigenvalue weighted by molar-refractivity contribution is 6.18. The topological polar surface area (TPSA) is 9.23 Å². The average Bonchev–Trinajstić information content (AvgIpc) is 3.45. The van der Waals surface area contributed by atoms with Crippen LogP contribution in [0.5, 0.6) is 5.75 Å². The van der Waals surface area contributed by atoms with Gasteiger partial charge in [-0.15, -0.1) is 0 Å². The van der Waals surface area contributed by atoms with Crippen LogP contribution in [-0.4, -0.2) is 13.3 Å². The van der Waals surface area contributed by atoms with Gasteiger partial charge in [-0.25, -0.2) is 0 Å². The number of fused-ring (bicyclic) bond motifs is 9. The molecule has 1 unspecified atom stereocenters. The van der Waals surface area contributed by atoms with E-state index in [0.29, 0.717) is 0 Å². The molecule has 39 heavy (non-hydrogen) atoms. The molecule has 1 aliphatic heterocycles. The smallest absolute Gasteiger partial charge is 0.137 e. The van der Waals surface area contributed by atoms with Crippen molar-refractivity contribution in [3.05, 3.63) is 118 Å². The predicted molar refractivity (Wildman–Crippen MR) is 168 cm³/mol. The van der Waals surface area contributed by atoms with Gasteiger partial charge in [0.05, 0.1) is 10.9 Å². The largest absolute Gasteiger partial charge is 0.493 e. The van der Waals surface area contributed by atoms with Crippen molar-refractivity contribution in [3.63, 3.8) is 0 Å². The van der Waals surface area contributed by atoms with Gasteiger partial charge >= 0.3 is 0 Å². The first-order valence-corrected chi connectivity index (χ1v) is 14.3. The highest BCUT2D eigenvalue weighted by Crippen LogP contribution is 2.65. The number of benzene rings is 5. The number of ether oxygens (including phenoxy) is 1. The number of hydrogen-bond donors (Lipinski definition) is 0. The van der Waals surface area contributed by atoms with Gasteiger partial charge in [0.15, 0.2) is 0 Å². The molecule has 0 N–H and O–H groups in total. The first kappa shape index (κ1) is 25.5. The van der Waals surface area contributed by atoms with E-state index in [2.05, 4.69) is 92.7 Å². The molecule has 0 amide bonds. The van der Waals surface area contributed by atoms with Crippen molar-refractivity contribution in [2.45, 2.75) is 59.4 Å². The second-order valence-electron chi connectivity index (χ2n) is 10.5. The molecule has 1 heterocycles. The first-order valence-electron chi connectivity index (χ1n) is 14.3. The fourth-order valence-corrected chi connectivity index (χ4v) is 7.16. The fraction of sp³-hybridized carbons (Fsp3) is 0.243. The second kappa shape index (κ2) is 8.88. The second-order valence-corrected chi connectivity index (χ2v) is 10.5. The van der Waals surface area contributed by atoms with Crippen LogP contribution in [0.4, 0.5) is 0 Å². The Morgan fingerprint density at radius 3 is 1.85 bits per heavy atom. The van der Waals surface area contributed by atoms with Crippen LogP contribution < -0.4 is 4.74 Å². The standard InChI is InChI=1S/C33H23BO.2C2H6/c1-18-19(2)31-23(16-17-32(3,34)35-31)30-27(18)22-10-4-5-11-24(22)33(30)25-12-6-8-20-14-15-21-9-7-13-26(33)29(21)28(20)25;2*1-2/h4-17H,1-3H3;2*1-2H3. The first-order chi connectivity index (χ1) is 18.9. The predicted octanol–water partition coefficient (Wildman–Crippen LogP) is 9.63. The van der Waals surface area contributed by atoms with Crippen molar-refractivity contribution in [1.29, 1.82) is 0 Å². The van der Waals surface area contributed by atoms with E-state index in [-0.39, 0.29) is 0 Å². The Hall–Kier alpha value is -3.78. The Kier molecular flexibility index (Phi) is 5.81. The van der Waals surface area contributed by atoms with Crippen molar-refractivity contribution in [2.24, 2.45) is 0 Å². The van der Waals surface area contributed by atoms with Crippen molar-refractivity contribution >= 4 is 35.5 Å². The molecule has 5 aromatic rings. The minimum atomic E-state index is -0.824. The van der Waals surface area contributed by atoms with E-state index in [0.717, 1.165) is 11.3 Å². The van der Waals surface area contributed by atoms with Gasteiger partial charge in [-0.2, -0.15) is 0 Å². The van der Waals surface area contributed by atoms with Gasteiger partial charge in [0.25, 0.3) is 0 Å². The van der Waals surface area contributed by atoms with Crippen LogP contribution >= 0.6 is 0 Å². The third-order valence-electron chi connectivity index (χ3n) is 8.61. The molecular weight excluding hydrogens is 471 g/mol. The maximum absolute atomic E-state index is 6.47. The fourth-order valence-electron chi connectivity index (χ4n) is 7.16. The Bertz CT molecular complexity index is 1760. The quantitative estimate of drug-likeness (QED) is 0.147. The molecule has 0 saturated carbocycles. The summed E-state index contributed by atoms with van der Waals surface area (Å²) in [6.45, 7) is 14.3. The Balaban J connectivity index is 0.000000663. The van der Waals surface area contributed by atoms with Crippen LogP contribution in [0.15, 0.2) is 78.9 Å². The molecule has 1 spiro atoms. The molecule has 192 valence electrons. The maximum atomic E-state index is 6.47. The Morgan fingerprint density at radius 1 is 0.667 bits per heavy atom. The van der Waals surface area contributed by atoms with Crippen LogP contribution in [0.2, 0.25) is 0 Å². The van der Waals surface area contributed by atoms with E-state index in [1.165, 1.54) is 66.1 Å². The van der Waals surface area contributed by atoms with Crippen molar-refractivity contribution in [3.8, 4) is 16.9 Å². The Labute approximate surface area is 233 Å². The molecule has 1 atom stereocenters. The molecule has 1 nitrogen and oxygen atoms in total. The molecule has 2 radical (unpaired) electrons. The summed E-state index contributed by atoms with van der Waals surface area (Å²) in [5.41, 5.74) is 10.5. The lowest BCUT2D eigenvalue weighted by Crippen LogP contribution is -2.34. The molecular formula is C37H35BO. The van der Waals surface area contributed by atoms with Crippen LogP contribution in [-0.2, 0) is 5.41 Å². The van der Waals surface area contributed by atoms with Gasteiger partial charge in [0.1, 0.15) is 13.6 Å². The molecule has 3 aliphatic rings. The van der Waals surface area contributed by atoms with E-state index in [9.17, 15) is 0 Å². The summed E-state index contributed by atoms with van der Waals surface area (Å²) in [6, 6.07) is 27.1. The summed E-state index contributed by atoms with van der Waals surface area (Å²) in [5, 5.41) is 5.34. The van der Waals surface area contributed by atoms with Crippen LogP contribution in [0.3, 0.4) is 0 Å². The third-order valence-corrected chi connectivity index (χ3v) is 8.61. The van der Waals surface area contributed by atoms with Crippen molar-refractivity contribution in [2.75, 3.05) is 0 Å². The summed E-state index contributed by atoms with van der Waals surface area (Å²) in [6.07, 6.45) is 4.21. The third kappa shape index (κ3) is 3.09. The summed E-state index contributed by atoms with van der Waals surface area (Å²) < 4.78 is 6.47. The molecule has 2 heteroatoms. The summed E-state index contributed by atoms with van der Waals surface area (Å²) in [7, 11) is 6.47. The van der Waals surface area contributed by atoms with Crippen molar-refractivity contribution in [1.82, 2.24) is 0 Å². The van der Waals surface area contributed by atoms with Gasteiger partial charge in [-0.05, 0) is 86.8 Å². The molecule has 0 bridgehead atoms. The average molecular weight is 506 g/mol. The van der Waals surface area contributed by atoms with E-state index < -0.39 is 10.9 Å². The van der Waals surface area contributed by atoms with Gasteiger partial charge in [0, 0.05) is 5.56 Å². The lowest BCUT2D eigenvalue weighted by Gasteiger charge is -2.36. The zero-order chi connectivity index (χ0) is 27.7. The summed E-state index contributed by atoms with van der Waals surface area (Å²) >= 11 is 0. The normalized spacial score (nSPS) is 18.1. The summed E-state index contributed by atoms with van der Waals surface area (Å²) in [4.78, 5) is 0. The molecule has 0 fully saturated rings. The highest BCUT2D eigenvalue weighted by Gasteiger charge is 2.53. The summed E-state index contributed by atoms with van der Waals surface area (Å²) in [5.74, 6) is 0.913. The van der Waals surface area contributed by atoms with E-state index in [1.54, 1.807) is 0 Å². The van der Waals surface area contributed by atoms with Gasteiger partial charge in [-0.1, -0.05) is 113 Å². The van der Waals surface area contributed by atoms with E-state index in [1.807, 2.05) is 40.7 Å². The van der Waals surface area contributed by atoms with Crippen LogP contribution in [0, 0.1) is 13.8 Å². The SMILES string of the molecule is CC.CC.[B]C1(C)C=Cc2c(c(C)c(C)c3c2C2(c4ccccc4-3)c3cccc4ccc5cccc2c5c34)O1. The van der Waals surface area contributed by atoms with E-state index in [4.69, 9.17) is 12.6 Å². The highest BCUT2D eigenvalue weighted by atomic mass is 16.5. The van der Waals surface area contributed by atoms with Crippen LogP contribution in [0.1, 0.15) is 73.6 Å². The van der Waals surface area contributed by atoms with Gasteiger partial charge in [-0.3, -0.25) is 0 Å². The Morgan fingerprint density at radius 2 is 1.23 bits per heavy atom. The maximum Gasteiger partial charge on any atom is 0.137 e. The zero-order valence-corrected chi connectivity index (χ0v) is 24.1. The molecule has 0 aromatic heterocycles. The minimum Gasteiger partial charge on any atom is -0.493 e. The molecule has 5 aromatic carbocycles. The van der Waals surface area contributed by atoms with Crippen LogP contribution in [0.25, 0.3) is 38.7 Å². The zero-order valence-electron chi connectivity index (χ0n) is 24.1. The van der Waals surface area contributed by atoms with Gasteiger partial charge < -0.3 is 4.74 Å². The number of hydrogen-bond acceptors (Lipinski definition) is 1. The lowest BCUT2D eigenvalue weighted by molar-refractivity contribution is 0.222. The number of rotatable bonds is 0. The molecule has 2 aliphatic carbocycles. The minimum absolute atomic E-state index is 0.396.